The van der Waals surface area contributed by atoms with E-state index in [2.05, 4.69) is 0 Å². The maximum atomic E-state index is 12.0. The number of rotatable bonds is 3. The molecule has 0 amide bonds. The molecule has 80 valence electrons. The molecule has 0 fully saturated rings. The monoisotopic (exact) mass is 234 g/mol. The fraction of sp³-hybridized carbons (Fsp3) is 0.600. The quantitative estimate of drug-likeness (QED) is 0.417. The molecule has 2 nitrogen and oxygen atoms in total. The summed E-state index contributed by atoms with van der Waals surface area (Å²) in [5.41, 5.74) is 0. The molecule has 0 aliphatic carbocycles. The van der Waals surface area contributed by atoms with Gasteiger partial charge in [-0.3, -0.25) is 9.59 Å². The predicted molar refractivity (Wildman–Crippen MR) is 35.0 cm³/mol. The first-order chi connectivity index (χ1) is 5.64. The number of hydrogen-bond acceptors (Lipinski definition) is 2. The van der Waals surface area contributed by atoms with Crippen LogP contribution in [-0.4, -0.2) is 53.4 Å². The Balaban J connectivity index is -0.000000240. The molecule has 0 aromatic carbocycles. The van der Waals surface area contributed by atoms with Gasteiger partial charge in [-0.1, -0.05) is 0 Å². The molecule has 0 unspecified atom stereocenters. The number of alkyl halides is 6. The molecule has 9 heteroatoms. The second-order valence-corrected chi connectivity index (χ2v) is 1.96. The van der Waals surface area contributed by atoms with E-state index in [-0.39, 0.29) is 25.9 Å². The van der Waals surface area contributed by atoms with E-state index in [0.717, 1.165) is 0 Å². The fourth-order valence-electron chi connectivity index (χ4n) is 0.389. The summed E-state index contributed by atoms with van der Waals surface area (Å²) in [6, 6.07) is 0. The second-order valence-electron chi connectivity index (χ2n) is 1.96. The van der Waals surface area contributed by atoms with Crippen molar-refractivity contribution in [1.29, 1.82) is 0 Å². The first-order valence-electron chi connectivity index (χ1n) is 2.72. The van der Waals surface area contributed by atoms with Crippen LogP contribution in [0, 0.1) is 0 Å². The summed E-state index contributed by atoms with van der Waals surface area (Å²) in [6.45, 7) is -2.32. The molecular formula is C5H4F6MgO2. The molecule has 0 rings (SSSR count). The van der Waals surface area contributed by atoms with Gasteiger partial charge in [-0.05, 0) is 0 Å². The molecule has 0 N–H and O–H groups in total. The minimum atomic E-state index is -5.85. The number of Topliss-reactive ketones (excluding diaryl/α,β-unsaturated/α-hetero) is 2. The van der Waals surface area contributed by atoms with Gasteiger partial charge in [-0.2, -0.15) is 22.0 Å². The maximum Gasteiger partial charge on any atom is 2.00 e. The molecule has 0 bridgehead atoms. The molecule has 0 aromatic rings. The van der Waals surface area contributed by atoms with Crippen molar-refractivity contribution in [2.45, 2.75) is 12.1 Å². The van der Waals surface area contributed by atoms with Gasteiger partial charge in [0.2, 0.25) is 5.78 Å². The standard InChI is InChI=1S/C5H2F6O2.Mg.2H/c6-1-2(12)4(7,8)3(13)5(9,10)11;;;/h1H2;;;/q;+2;2*-1. The average Bonchev–Trinajstić information content (AvgIpc) is 1.99. The van der Waals surface area contributed by atoms with Crippen molar-refractivity contribution < 1.29 is 38.8 Å². The Morgan fingerprint density at radius 3 is 1.64 bits per heavy atom. The molecule has 0 heterocycles. The zero-order chi connectivity index (χ0) is 10.9. The van der Waals surface area contributed by atoms with Crippen LogP contribution in [0.25, 0.3) is 0 Å². The zero-order valence-electron chi connectivity index (χ0n) is 8.50. The molecule has 0 aliphatic heterocycles. The normalized spacial score (nSPS) is 11.9. The van der Waals surface area contributed by atoms with Crippen molar-refractivity contribution in [2.24, 2.45) is 0 Å². The minimum absolute atomic E-state index is 0. The van der Waals surface area contributed by atoms with Crippen LogP contribution in [0.5, 0.6) is 0 Å². The minimum Gasteiger partial charge on any atom is -1.00 e. The number of ketones is 2. The zero-order valence-corrected chi connectivity index (χ0v) is 7.91. The number of carbonyl (C=O) groups excluding carboxylic acids is 2. The molecule has 0 atom stereocenters. The van der Waals surface area contributed by atoms with E-state index in [1.165, 1.54) is 0 Å². The van der Waals surface area contributed by atoms with Crippen LogP contribution in [0.4, 0.5) is 26.3 Å². The van der Waals surface area contributed by atoms with Gasteiger partial charge in [0.1, 0.15) is 0 Å². The smallest absolute Gasteiger partial charge is 1.00 e. The van der Waals surface area contributed by atoms with Gasteiger partial charge in [-0.25, -0.2) is 4.39 Å². The van der Waals surface area contributed by atoms with Crippen LogP contribution < -0.4 is 0 Å². The predicted octanol–water partition coefficient (Wildman–Crippen LogP) is 1.14. The van der Waals surface area contributed by atoms with Crippen molar-refractivity contribution in [1.82, 2.24) is 0 Å². The van der Waals surface area contributed by atoms with E-state index in [4.69, 9.17) is 0 Å². The third kappa shape index (κ3) is 3.44. The number of hydrogen-bond donors (Lipinski definition) is 0. The van der Waals surface area contributed by atoms with Gasteiger partial charge in [0.05, 0.1) is 0 Å². The van der Waals surface area contributed by atoms with E-state index < -0.39 is 30.3 Å². The van der Waals surface area contributed by atoms with Crippen molar-refractivity contribution in [3.63, 3.8) is 0 Å². The maximum absolute atomic E-state index is 12.0. The summed E-state index contributed by atoms with van der Waals surface area (Å²) in [7, 11) is 0. The summed E-state index contributed by atoms with van der Waals surface area (Å²) in [4.78, 5) is 19.7. The van der Waals surface area contributed by atoms with Gasteiger partial charge in [0, 0.05) is 0 Å². The Morgan fingerprint density at radius 1 is 1.07 bits per heavy atom. The summed E-state index contributed by atoms with van der Waals surface area (Å²) in [5.74, 6) is -11.6. The SMILES string of the molecule is O=C(CF)C(F)(F)C(=O)C(F)(F)F.[H-].[H-].[Mg+2]. The molecular weight excluding hydrogens is 230 g/mol. The third-order valence-corrected chi connectivity index (χ3v) is 1.01. The van der Waals surface area contributed by atoms with Crippen molar-refractivity contribution in [3.8, 4) is 0 Å². The molecule has 0 spiro atoms. The van der Waals surface area contributed by atoms with Crippen molar-refractivity contribution >= 4 is 34.6 Å². The summed E-state index contributed by atoms with van der Waals surface area (Å²) in [5, 5.41) is 0. The van der Waals surface area contributed by atoms with Gasteiger partial charge in [-0.15, -0.1) is 0 Å². The summed E-state index contributed by atoms with van der Waals surface area (Å²) in [6.07, 6.45) is -5.85. The second kappa shape index (κ2) is 4.96. The molecule has 0 radical (unpaired) electrons. The van der Waals surface area contributed by atoms with Gasteiger partial charge in [0.15, 0.2) is 6.67 Å². The first kappa shape index (κ1) is 16.1. The van der Waals surface area contributed by atoms with Crippen LogP contribution in [0.3, 0.4) is 0 Å². The number of halogens is 6. The topological polar surface area (TPSA) is 34.1 Å². The van der Waals surface area contributed by atoms with E-state index >= 15 is 0 Å². The van der Waals surface area contributed by atoms with Gasteiger partial charge >= 0.3 is 40.9 Å². The Kier molecular flexibility index (Phi) is 5.72. The van der Waals surface area contributed by atoms with Crippen LogP contribution in [0.2, 0.25) is 0 Å². The van der Waals surface area contributed by atoms with Crippen LogP contribution in [0.1, 0.15) is 2.85 Å². The van der Waals surface area contributed by atoms with Gasteiger partial charge in [0.25, 0.3) is 0 Å². The Labute approximate surface area is 92.8 Å². The third-order valence-electron chi connectivity index (χ3n) is 1.01. The van der Waals surface area contributed by atoms with Crippen molar-refractivity contribution in [2.75, 3.05) is 6.67 Å². The Morgan fingerprint density at radius 2 is 1.43 bits per heavy atom. The van der Waals surface area contributed by atoms with Crippen LogP contribution in [0.15, 0.2) is 0 Å². The molecule has 0 saturated carbocycles. The average molecular weight is 234 g/mol. The Hall–Kier alpha value is -0.314. The summed E-state index contributed by atoms with van der Waals surface area (Å²) < 4.78 is 69.4. The largest absolute Gasteiger partial charge is 2.00 e. The number of carbonyl (C=O) groups is 2. The molecule has 14 heavy (non-hydrogen) atoms. The molecule has 0 aliphatic rings. The van der Waals surface area contributed by atoms with Crippen LogP contribution >= 0.6 is 0 Å². The van der Waals surface area contributed by atoms with Crippen LogP contribution in [-0.2, 0) is 9.59 Å². The fourth-order valence-corrected chi connectivity index (χ4v) is 0.389. The summed E-state index contributed by atoms with van der Waals surface area (Å²) >= 11 is 0. The first-order valence-corrected chi connectivity index (χ1v) is 2.72. The van der Waals surface area contributed by atoms with Crippen molar-refractivity contribution in [3.05, 3.63) is 0 Å². The van der Waals surface area contributed by atoms with E-state index in [0.29, 0.717) is 0 Å². The van der Waals surface area contributed by atoms with Gasteiger partial charge < -0.3 is 2.85 Å². The van der Waals surface area contributed by atoms with E-state index in [1.54, 1.807) is 0 Å². The Bertz CT molecular complexity index is 244. The van der Waals surface area contributed by atoms with E-state index in [1.807, 2.05) is 0 Å². The molecule has 0 saturated heterocycles. The van der Waals surface area contributed by atoms with E-state index in [9.17, 15) is 35.9 Å². The molecule has 0 aromatic heterocycles.